The van der Waals surface area contributed by atoms with Crippen molar-refractivity contribution in [2.45, 2.75) is 38.5 Å². The molecule has 0 saturated heterocycles. The number of fused-ring (bicyclic) bond motifs is 10. The van der Waals surface area contributed by atoms with Crippen molar-refractivity contribution in [3.63, 3.8) is 0 Å². The first-order chi connectivity index (χ1) is 21.4. The molecule has 0 unspecified atom stereocenters. The van der Waals surface area contributed by atoms with Crippen LogP contribution in [0.15, 0.2) is 133 Å². The Hall–Kier alpha value is -4.94. The minimum Gasteiger partial charge on any atom is -0.0622 e. The van der Waals surface area contributed by atoms with Gasteiger partial charge in [0.25, 0.3) is 0 Å². The largest absolute Gasteiger partial charge is 0.0622 e. The van der Waals surface area contributed by atoms with Crippen molar-refractivity contribution in [1.29, 1.82) is 0 Å². The van der Waals surface area contributed by atoms with Crippen molar-refractivity contribution in [3.8, 4) is 44.5 Å². The van der Waals surface area contributed by atoms with Crippen LogP contribution in [0.2, 0.25) is 0 Å². The predicted octanol–water partition coefficient (Wildman–Crippen LogP) is 11.9. The average molecular weight is 563 g/mol. The number of hydrogen-bond donors (Lipinski definition) is 0. The number of benzene rings is 7. The molecule has 0 heterocycles. The summed E-state index contributed by atoms with van der Waals surface area (Å²) < 4.78 is 0. The Morgan fingerprint density at radius 2 is 0.727 bits per heavy atom. The summed E-state index contributed by atoms with van der Waals surface area (Å²) in [5.74, 6) is 0. The van der Waals surface area contributed by atoms with Crippen LogP contribution in [0.25, 0.3) is 66.1 Å². The van der Waals surface area contributed by atoms with E-state index in [4.69, 9.17) is 0 Å². The highest BCUT2D eigenvalue weighted by Gasteiger charge is 2.41. The Kier molecular flexibility index (Phi) is 5.11. The Labute approximate surface area is 259 Å². The van der Waals surface area contributed by atoms with Crippen LogP contribution in [-0.4, -0.2) is 0 Å². The molecule has 0 aromatic heterocycles. The fraction of sp³-hybridized carbons (Fsp3) is 0.136. The van der Waals surface area contributed by atoms with E-state index in [9.17, 15) is 0 Å². The molecule has 0 amide bonds. The average Bonchev–Trinajstić information content (AvgIpc) is 3.44. The zero-order chi connectivity index (χ0) is 29.8. The van der Waals surface area contributed by atoms with Gasteiger partial charge in [0, 0.05) is 10.8 Å². The normalized spacial score (nSPS) is 15.2. The molecule has 7 aromatic carbocycles. The molecule has 0 fully saturated rings. The summed E-state index contributed by atoms with van der Waals surface area (Å²) in [5.41, 5.74) is 16.1. The summed E-state index contributed by atoms with van der Waals surface area (Å²) in [4.78, 5) is 0. The van der Waals surface area contributed by atoms with Gasteiger partial charge in [-0.2, -0.15) is 0 Å². The molecule has 0 heteroatoms. The topological polar surface area (TPSA) is 0 Å². The van der Waals surface area contributed by atoms with Crippen molar-refractivity contribution >= 4 is 21.5 Å². The SMILES string of the molecule is CC1(C)c2ccccc2-c2ccc3c(-c4ccccc4)c4ccc5c(c4c(-c4ccccc4)c3c21)C(C)(C)c1ccccc1-5. The smallest absolute Gasteiger partial charge is 0.0165 e. The third kappa shape index (κ3) is 3.18. The van der Waals surface area contributed by atoms with Gasteiger partial charge in [0.2, 0.25) is 0 Å². The van der Waals surface area contributed by atoms with Gasteiger partial charge in [0.1, 0.15) is 0 Å². The van der Waals surface area contributed by atoms with E-state index >= 15 is 0 Å². The lowest BCUT2D eigenvalue weighted by atomic mass is 9.73. The monoisotopic (exact) mass is 562 g/mol. The first-order valence-electron chi connectivity index (χ1n) is 15.8. The van der Waals surface area contributed by atoms with Crippen LogP contribution in [0, 0.1) is 0 Å². The Bertz CT molecular complexity index is 2180. The van der Waals surface area contributed by atoms with Gasteiger partial charge in [0.05, 0.1) is 0 Å². The van der Waals surface area contributed by atoms with E-state index in [1.165, 1.54) is 88.3 Å². The van der Waals surface area contributed by atoms with E-state index in [0.717, 1.165) is 0 Å². The van der Waals surface area contributed by atoms with Crippen LogP contribution in [0.3, 0.4) is 0 Å². The van der Waals surface area contributed by atoms with Crippen molar-refractivity contribution in [2.75, 3.05) is 0 Å². The third-order valence-corrected chi connectivity index (χ3v) is 10.6. The molecule has 7 aromatic rings. The zero-order valence-electron chi connectivity index (χ0n) is 25.7. The van der Waals surface area contributed by atoms with Gasteiger partial charge in [-0.05, 0) is 88.3 Å². The van der Waals surface area contributed by atoms with Gasteiger partial charge in [-0.1, -0.05) is 161 Å². The Morgan fingerprint density at radius 3 is 1.18 bits per heavy atom. The highest BCUT2D eigenvalue weighted by Crippen LogP contribution is 2.59. The second-order valence-electron chi connectivity index (χ2n) is 13.6. The Morgan fingerprint density at radius 1 is 0.341 bits per heavy atom. The molecule has 0 bridgehead atoms. The van der Waals surface area contributed by atoms with Crippen LogP contribution in [0.1, 0.15) is 49.9 Å². The summed E-state index contributed by atoms with van der Waals surface area (Å²) in [7, 11) is 0. The predicted molar refractivity (Wildman–Crippen MR) is 187 cm³/mol. The van der Waals surface area contributed by atoms with Crippen molar-refractivity contribution < 1.29 is 0 Å². The fourth-order valence-corrected chi connectivity index (χ4v) is 8.76. The molecule has 0 spiro atoms. The van der Waals surface area contributed by atoms with Gasteiger partial charge in [-0.3, -0.25) is 0 Å². The van der Waals surface area contributed by atoms with Gasteiger partial charge in [-0.15, -0.1) is 0 Å². The highest BCUT2D eigenvalue weighted by molar-refractivity contribution is 6.25. The molecule has 0 atom stereocenters. The molecule has 0 radical (unpaired) electrons. The molecule has 0 saturated carbocycles. The van der Waals surface area contributed by atoms with Crippen molar-refractivity contribution in [3.05, 3.63) is 156 Å². The quantitative estimate of drug-likeness (QED) is 0.184. The fourth-order valence-electron chi connectivity index (χ4n) is 8.76. The van der Waals surface area contributed by atoms with Crippen LogP contribution in [0.5, 0.6) is 0 Å². The van der Waals surface area contributed by atoms with E-state index in [1.807, 2.05) is 0 Å². The molecule has 0 N–H and O–H groups in total. The van der Waals surface area contributed by atoms with Crippen LogP contribution < -0.4 is 0 Å². The lowest BCUT2D eigenvalue weighted by Crippen LogP contribution is -2.17. The molecule has 0 nitrogen and oxygen atoms in total. The maximum atomic E-state index is 2.42. The maximum Gasteiger partial charge on any atom is 0.0165 e. The van der Waals surface area contributed by atoms with Crippen LogP contribution >= 0.6 is 0 Å². The van der Waals surface area contributed by atoms with E-state index in [0.29, 0.717) is 0 Å². The van der Waals surface area contributed by atoms with E-state index < -0.39 is 0 Å². The van der Waals surface area contributed by atoms with Gasteiger partial charge in [-0.25, -0.2) is 0 Å². The summed E-state index contributed by atoms with van der Waals surface area (Å²) in [5, 5.41) is 5.44. The molecule has 0 aliphatic heterocycles. The molecular weight excluding hydrogens is 528 g/mol. The minimum atomic E-state index is -0.146. The first kappa shape index (κ1) is 25.5. The third-order valence-electron chi connectivity index (χ3n) is 10.6. The van der Waals surface area contributed by atoms with Gasteiger partial charge < -0.3 is 0 Å². The number of rotatable bonds is 2. The molecular formula is C44H34. The molecule has 9 rings (SSSR count). The maximum absolute atomic E-state index is 2.42. The molecule has 2 aliphatic carbocycles. The van der Waals surface area contributed by atoms with Gasteiger partial charge in [0.15, 0.2) is 0 Å². The lowest BCUT2D eigenvalue weighted by Gasteiger charge is -2.29. The first-order valence-corrected chi connectivity index (χ1v) is 15.8. The highest BCUT2D eigenvalue weighted by atomic mass is 14.4. The van der Waals surface area contributed by atoms with E-state index in [-0.39, 0.29) is 10.8 Å². The van der Waals surface area contributed by atoms with E-state index in [2.05, 4.69) is 161 Å². The second-order valence-corrected chi connectivity index (χ2v) is 13.6. The standard InChI is InChI=1S/C44H34/c1-43(2)35-21-13-11-19-29(35)31-23-25-33-37(27-15-7-5-8-16-27)34-26-24-32-30-20-12-14-22-36(30)44(3,4)42(32)40(34)38(39(33)41(31)43)28-17-9-6-10-18-28/h5-26H,1-4H3. The molecule has 2 aliphatic rings. The van der Waals surface area contributed by atoms with Crippen molar-refractivity contribution in [2.24, 2.45) is 0 Å². The summed E-state index contributed by atoms with van der Waals surface area (Å²) in [6.07, 6.45) is 0. The summed E-state index contributed by atoms with van der Waals surface area (Å²) >= 11 is 0. The van der Waals surface area contributed by atoms with E-state index in [1.54, 1.807) is 0 Å². The zero-order valence-corrected chi connectivity index (χ0v) is 25.7. The van der Waals surface area contributed by atoms with Gasteiger partial charge >= 0.3 is 0 Å². The minimum absolute atomic E-state index is 0.146. The molecule has 210 valence electrons. The number of hydrogen-bond acceptors (Lipinski definition) is 0. The molecule has 44 heavy (non-hydrogen) atoms. The second kappa shape index (κ2) is 8.80. The Balaban J connectivity index is 1.59. The summed E-state index contributed by atoms with van der Waals surface area (Å²) in [6, 6.07) is 49.9. The summed E-state index contributed by atoms with van der Waals surface area (Å²) in [6.45, 7) is 9.70. The lowest BCUT2D eigenvalue weighted by molar-refractivity contribution is 0.665. The van der Waals surface area contributed by atoms with Crippen LogP contribution in [0.4, 0.5) is 0 Å². The van der Waals surface area contributed by atoms with Crippen molar-refractivity contribution in [1.82, 2.24) is 0 Å². The van der Waals surface area contributed by atoms with Crippen LogP contribution in [-0.2, 0) is 10.8 Å².